The van der Waals surface area contributed by atoms with Crippen molar-refractivity contribution in [2.45, 2.75) is 82.9 Å². The number of cyclic esters (lactones) is 2. The van der Waals surface area contributed by atoms with Crippen molar-refractivity contribution in [3.63, 3.8) is 0 Å². The van der Waals surface area contributed by atoms with Gasteiger partial charge in [0.2, 0.25) is 0 Å². The van der Waals surface area contributed by atoms with Crippen molar-refractivity contribution in [3.05, 3.63) is 24.2 Å². The highest BCUT2D eigenvalue weighted by atomic mass is 16.7. The van der Waals surface area contributed by atoms with Crippen LogP contribution in [0.3, 0.4) is 0 Å². The predicted octanol–water partition coefficient (Wildman–Crippen LogP) is 3.14. The van der Waals surface area contributed by atoms with Crippen molar-refractivity contribution >= 4 is 17.7 Å². The van der Waals surface area contributed by atoms with Crippen LogP contribution in [0.15, 0.2) is 23.0 Å². The normalized spacial score (nSPS) is 52.4. The van der Waals surface area contributed by atoms with Gasteiger partial charge in [-0.2, -0.15) is 0 Å². The van der Waals surface area contributed by atoms with Crippen LogP contribution >= 0.6 is 0 Å². The summed E-state index contributed by atoms with van der Waals surface area (Å²) in [6, 6.07) is 1.81. The minimum atomic E-state index is -0.976. The van der Waals surface area contributed by atoms with Crippen molar-refractivity contribution in [2.24, 2.45) is 28.1 Å². The molecule has 4 saturated heterocycles. The Morgan fingerprint density at radius 2 is 1.76 bits per heavy atom. The van der Waals surface area contributed by atoms with Gasteiger partial charge in [-0.1, -0.05) is 6.92 Å². The van der Waals surface area contributed by atoms with E-state index < -0.39 is 45.6 Å². The molecule has 1 aromatic heterocycles. The lowest BCUT2D eigenvalue weighted by atomic mass is 9.37. The van der Waals surface area contributed by atoms with E-state index in [9.17, 15) is 14.4 Å². The molecule has 0 bridgehead atoms. The largest absolute Gasteiger partial charge is 0.472 e. The molecule has 6 fully saturated rings. The number of carbonyl (C=O) groups excluding carboxylic acids is 3. The standard InChI is InChI=1S/C26H30O8/c1-22(2)15-9-16(27)24(4)14(25(15)12-31-18(28)10-17(25)33-22)5-7-23(3)19(13-6-8-30-11-13)32-21(29)20-26(23,24)34-20/h6,8,11,14-15,17,19-20H,5,7,9-10,12H2,1-4H3/t14-,15+,17-,19-,20+,23-,24-,25-,26+/m0/s1. The summed E-state index contributed by atoms with van der Waals surface area (Å²) in [6.45, 7) is 8.36. The number of hydrogen-bond acceptors (Lipinski definition) is 8. The zero-order valence-corrected chi connectivity index (χ0v) is 19.9. The van der Waals surface area contributed by atoms with Gasteiger partial charge in [0.05, 0.1) is 36.1 Å². The highest BCUT2D eigenvalue weighted by Crippen LogP contribution is 2.79. The lowest BCUT2D eigenvalue weighted by molar-refractivity contribution is -0.225. The fourth-order valence-corrected chi connectivity index (χ4v) is 9.34. The van der Waals surface area contributed by atoms with Crippen LogP contribution in [0.5, 0.6) is 0 Å². The van der Waals surface area contributed by atoms with E-state index in [2.05, 4.69) is 6.92 Å². The van der Waals surface area contributed by atoms with Gasteiger partial charge in [-0.3, -0.25) is 9.59 Å². The van der Waals surface area contributed by atoms with E-state index in [0.717, 1.165) is 12.0 Å². The van der Waals surface area contributed by atoms with Gasteiger partial charge in [-0.25, -0.2) is 4.79 Å². The van der Waals surface area contributed by atoms with Crippen LogP contribution in [-0.4, -0.2) is 47.7 Å². The minimum Gasteiger partial charge on any atom is -0.472 e. The second-order valence-electron chi connectivity index (χ2n) is 12.2. The second kappa shape index (κ2) is 5.95. The second-order valence-corrected chi connectivity index (χ2v) is 12.2. The molecule has 2 aliphatic carbocycles. The van der Waals surface area contributed by atoms with E-state index in [-0.39, 0.29) is 42.7 Å². The quantitative estimate of drug-likeness (QED) is 0.455. The molecule has 4 aliphatic heterocycles. The molecule has 1 aromatic rings. The summed E-state index contributed by atoms with van der Waals surface area (Å²) < 4.78 is 29.8. The molecule has 9 atom stereocenters. The van der Waals surface area contributed by atoms with E-state index in [1.54, 1.807) is 12.5 Å². The fraction of sp³-hybridized carbons (Fsp3) is 0.731. The first-order chi connectivity index (χ1) is 16.0. The molecule has 7 rings (SSSR count). The number of fused-ring (bicyclic) bond motifs is 1. The first-order valence-corrected chi connectivity index (χ1v) is 12.3. The average Bonchev–Trinajstić information content (AvgIpc) is 3.26. The Morgan fingerprint density at radius 1 is 0.971 bits per heavy atom. The Hall–Kier alpha value is -2.19. The smallest absolute Gasteiger partial charge is 0.339 e. The summed E-state index contributed by atoms with van der Waals surface area (Å²) in [5.41, 5.74) is -2.78. The first kappa shape index (κ1) is 21.1. The van der Waals surface area contributed by atoms with Crippen molar-refractivity contribution < 1.29 is 37.7 Å². The van der Waals surface area contributed by atoms with Crippen molar-refractivity contribution in [1.82, 2.24) is 0 Å². The van der Waals surface area contributed by atoms with E-state index in [4.69, 9.17) is 23.4 Å². The molecule has 0 unspecified atom stereocenters. The average molecular weight is 471 g/mol. The van der Waals surface area contributed by atoms with Crippen LogP contribution in [0.25, 0.3) is 0 Å². The third-order valence-corrected chi connectivity index (χ3v) is 10.7. The summed E-state index contributed by atoms with van der Waals surface area (Å²) in [4.78, 5) is 39.7. The van der Waals surface area contributed by atoms with Crippen LogP contribution in [-0.2, 0) is 33.3 Å². The Kier molecular flexibility index (Phi) is 3.70. The first-order valence-electron chi connectivity index (χ1n) is 12.3. The molecule has 2 spiro atoms. The van der Waals surface area contributed by atoms with Crippen LogP contribution in [0, 0.1) is 28.1 Å². The third kappa shape index (κ3) is 2.02. The number of hydrogen-bond donors (Lipinski definition) is 0. The zero-order valence-electron chi connectivity index (χ0n) is 19.9. The number of furan rings is 1. The number of rotatable bonds is 1. The molecule has 0 radical (unpaired) electrons. The number of esters is 2. The summed E-state index contributed by atoms with van der Waals surface area (Å²) in [5.74, 6) is -0.780. The zero-order chi connectivity index (χ0) is 23.9. The molecule has 182 valence electrons. The van der Waals surface area contributed by atoms with Gasteiger partial charge >= 0.3 is 11.9 Å². The van der Waals surface area contributed by atoms with Gasteiger partial charge in [0.25, 0.3) is 0 Å². The monoisotopic (exact) mass is 470 g/mol. The van der Waals surface area contributed by atoms with Gasteiger partial charge in [0.1, 0.15) is 24.1 Å². The maximum atomic E-state index is 14.2. The van der Waals surface area contributed by atoms with Crippen LogP contribution < -0.4 is 0 Å². The molecule has 5 heterocycles. The topological polar surface area (TPSA) is 105 Å². The summed E-state index contributed by atoms with van der Waals surface area (Å²) in [5, 5.41) is 0. The Labute approximate surface area is 197 Å². The van der Waals surface area contributed by atoms with Gasteiger partial charge in [-0.15, -0.1) is 0 Å². The van der Waals surface area contributed by atoms with E-state index in [0.29, 0.717) is 12.8 Å². The Bertz CT molecular complexity index is 1120. The third-order valence-electron chi connectivity index (χ3n) is 10.7. The molecule has 0 aromatic carbocycles. The molecular formula is C26H30O8. The fourth-order valence-electron chi connectivity index (χ4n) is 9.34. The molecule has 8 heteroatoms. The summed E-state index contributed by atoms with van der Waals surface area (Å²) in [6.07, 6.45) is 3.46. The molecular weight excluding hydrogens is 440 g/mol. The maximum Gasteiger partial charge on any atom is 0.339 e. The highest BCUT2D eigenvalue weighted by molar-refractivity contribution is 5.93. The number of epoxide rings is 1. The molecule has 0 amide bonds. The van der Waals surface area contributed by atoms with Gasteiger partial charge < -0.3 is 23.4 Å². The van der Waals surface area contributed by atoms with Crippen LogP contribution in [0.4, 0.5) is 0 Å². The summed E-state index contributed by atoms with van der Waals surface area (Å²) in [7, 11) is 0. The molecule has 6 aliphatic rings. The Morgan fingerprint density at radius 3 is 2.50 bits per heavy atom. The van der Waals surface area contributed by atoms with Crippen LogP contribution in [0.1, 0.15) is 65.0 Å². The lowest BCUT2D eigenvalue weighted by Crippen LogP contribution is -2.72. The van der Waals surface area contributed by atoms with E-state index in [1.807, 2.05) is 26.8 Å². The summed E-state index contributed by atoms with van der Waals surface area (Å²) >= 11 is 0. The van der Waals surface area contributed by atoms with Crippen molar-refractivity contribution in [3.8, 4) is 0 Å². The Balaban J connectivity index is 1.41. The SMILES string of the molecule is CC1(C)O[C@H]2CC(=O)OC[C@]23[C@@H]1CC(=O)[C@]1(C)[C@@H]3CC[C@@]2(C)[C@H](c3ccoc3)OC(=O)[C@H]3O[C@]321. The lowest BCUT2D eigenvalue weighted by Gasteiger charge is -2.65. The van der Waals surface area contributed by atoms with Gasteiger partial charge in [0.15, 0.2) is 6.10 Å². The molecule has 0 N–H and O–H groups in total. The number of Topliss-reactive ketones (excluding diaryl/α,β-unsaturated/α-hetero) is 1. The van der Waals surface area contributed by atoms with Gasteiger partial charge in [-0.05, 0) is 45.6 Å². The minimum absolute atomic E-state index is 0.0677. The number of carbonyl (C=O) groups is 3. The van der Waals surface area contributed by atoms with Crippen molar-refractivity contribution in [1.29, 1.82) is 0 Å². The number of ketones is 1. The van der Waals surface area contributed by atoms with Crippen molar-refractivity contribution in [2.75, 3.05) is 6.61 Å². The predicted molar refractivity (Wildman–Crippen MR) is 114 cm³/mol. The molecule has 34 heavy (non-hydrogen) atoms. The maximum absolute atomic E-state index is 14.2. The van der Waals surface area contributed by atoms with Crippen LogP contribution in [0.2, 0.25) is 0 Å². The van der Waals surface area contributed by atoms with E-state index in [1.165, 1.54) is 0 Å². The number of ether oxygens (including phenoxy) is 4. The molecule has 2 saturated carbocycles. The van der Waals surface area contributed by atoms with E-state index >= 15 is 0 Å². The van der Waals surface area contributed by atoms with Gasteiger partial charge in [0, 0.05) is 28.7 Å². The highest BCUT2D eigenvalue weighted by Gasteiger charge is 2.89. The molecule has 8 nitrogen and oxygen atoms in total.